The van der Waals surface area contributed by atoms with Gasteiger partial charge in [-0.05, 0) is 227 Å². The molecule has 0 bridgehead atoms. The summed E-state index contributed by atoms with van der Waals surface area (Å²) >= 11 is 0. The lowest BCUT2D eigenvalue weighted by molar-refractivity contribution is 0.332. The van der Waals surface area contributed by atoms with Gasteiger partial charge in [0.15, 0.2) is 0 Å². The highest BCUT2D eigenvalue weighted by Crippen LogP contribution is 2.56. The summed E-state index contributed by atoms with van der Waals surface area (Å²) in [6, 6.07) is 51.5. The first-order chi connectivity index (χ1) is 39.5. The first-order valence-corrected chi connectivity index (χ1v) is 32.3. The van der Waals surface area contributed by atoms with Crippen LogP contribution in [0.3, 0.4) is 0 Å². The van der Waals surface area contributed by atoms with E-state index in [9.17, 15) is 0 Å². The van der Waals surface area contributed by atoms with Crippen molar-refractivity contribution in [2.75, 3.05) is 14.7 Å². The van der Waals surface area contributed by atoms with Crippen molar-refractivity contribution in [1.29, 1.82) is 0 Å². The smallest absolute Gasteiger partial charge is 0.297 e. The van der Waals surface area contributed by atoms with E-state index in [4.69, 9.17) is 4.42 Å². The fraction of sp³-hybridized carbons (Fsp3) is 0.450. The summed E-state index contributed by atoms with van der Waals surface area (Å²) in [5, 5.41) is 1.20. The number of hydrogen-bond donors (Lipinski definition) is 0. The zero-order valence-corrected chi connectivity index (χ0v) is 55.7. The van der Waals surface area contributed by atoms with Gasteiger partial charge >= 0.3 is 0 Å². The van der Waals surface area contributed by atoms with Crippen LogP contribution in [0.2, 0.25) is 0 Å². The minimum absolute atomic E-state index is 0.00340. The summed E-state index contributed by atoms with van der Waals surface area (Å²) < 4.78 is 7.92. The maximum atomic E-state index is 7.92. The Morgan fingerprint density at radius 1 is 0.376 bits per heavy atom. The number of fused-ring (bicyclic) bond motifs is 9. The van der Waals surface area contributed by atoms with Crippen molar-refractivity contribution in [2.24, 2.45) is 0 Å². The quantitative estimate of drug-likeness (QED) is 0.160. The molecule has 0 saturated carbocycles. The van der Waals surface area contributed by atoms with Gasteiger partial charge in [-0.25, -0.2) is 0 Å². The summed E-state index contributed by atoms with van der Waals surface area (Å²) in [7, 11) is 0. The van der Waals surface area contributed by atoms with Crippen LogP contribution in [0.15, 0.2) is 132 Å². The van der Waals surface area contributed by atoms with Gasteiger partial charge in [-0.15, -0.1) is 0 Å². The van der Waals surface area contributed by atoms with Gasteiger partial charge in [0.1, 0.15) is 5.58 Å². The molecular weight excluding hydrogens is 1030 g/mol. The van der Waals surface area contributed by atoms with E-state index < -0.39 is 0 Å². The third kappa shape index (κ3) is 9.18. The van der Waals surface area contributed by atoms with Gasteiger partial charge in [0, 0.05) is 45.2 Å². The van der Waals surface area contributed by atoms with Crippen molar-refractivity contribution in [3.05, 3.63) is 177 Å². The Hall–Kier alpha value is -6.46. The normalized spacial score (nSPS) is 19.3. The third-order valence-electron chi connectivity index (χ3n) is 21.9. The number of anilines is 9. The van der Waals surface area contributed by atoms with Crippen LogP contribution < -0.4 is 31.3 Å². The lowest BCUT2D eigenvalue weighted by atomic mass is 9.35. The molecule has 0 fully saturated rings. The Balaban J connectivity index is 1.21. The summed E-state index contributed by atoms with van der Waals surface area (Å²) in [4.78, 5) is 7.89. The van der Waals surface area contributed by atoms with E-state index in [2.05, 4.69) is 287 Å². The molecule has 85 heavy (non-hydrogen) atoms. The second kappa shape index (κ2) is 18.5. The van der Waals surface area contributed by atoms with E-state index in [0.717, 1.165) is 72.5 Å². The maximum absolute atomic E-state index is 7.92. The van der Waals surface area contributed by atoms with Gasteiger partial charge in [-0.3, -0.25) is 0 Å². The summed E-state index contributed by atoms with van der Waals surface area (Å²) in [6.45, 7) is 50.4. The van der Waals surface area contributed by atoms with Crippen molar-refractivity contribution in [1.82, 2.24) is 0 Å². The topological polar surface area (TPSA) is 22.9 Å². The zero-order valence-electron chi connectivity index (χ0n) is 55.7. The highest BCUT2D eigenvalue weighted by molar-refractivity contribution is 7.00. The maximum Gasteiger partial charge on any atom is 0.297 e. The molecular formula is C80H96BN3O. The Labute approximate surface area is 511 Å². The highest BCUT2D eigenvalue weighted by atomic mass is 16.3. The van der Waals surface area contributed by atoms with E-state index in [0.29, 0.717) is 0 Å². The van der Waals surface area contributed by atoms with Gasteiger partial charge in [0.05, 0.1) is 17.0 Å². The van der Waals surface area contributed by atoms with E-state index in [1.165, 1.54) is 94.8 Å². The van der Waals surface area contributed by atoms with Gasteiger partial charge < -0.3 is 19.1 Å². The standard InChI is InChI=1S/C80H96BN3O/c1-72(2,3)49-22-28-52(29-23-49)82(53-30-24-50(25-31-53)73(4,5)6)56-43-66-69-67(44-56)84(55-34-35-58-59(42-55)76(12,13)37-36-75(58,10)11)70-57-45-60-63(80(20,21)41-38-77(60,14)15)48-68(57)85-71(70)81(69)64-46-61-62(79(18,19)40-39-78(61,16)17)47-65(64)83(66)54-32-26-51(27-33-54)74(7,8)9/h22-35,42-48H,36-41H2,1-21H3. The van der Waals surface area contributed by atoms with E-state index >= 15 is 0 Å². The molecule has 440 valence electrons. The molecule has 5 aliphatic rings. The largest absolute Gasteiger partial charge is 0.468 e. The van der Waals surface area contributed by atoms with Gasteiger partial charge in [0.2, 0.25) is 0 Å². The second-order valence-electron chi connectivity index (χ2n) is 33.9. The molecule has 3 heterocycles. The molecule has 8 aromatic rings. The van der Waals surface area contributed by atoms with Crippen molar-refractivity contribution >= 4 is 85.5 Å². The summed E-state index contributed by atoms with van der Waals surface area (Å²) in [5.41, 5.74) is 27.8. The average Bonchev–Trinajstić information content (AvgIpc) is 1.69. The van der Waals surface area contributed by atoms with Crippen LogP contribution in [-0.4, -0.2) is 6.71 Å². The minimum Gasteiger partial charge on any atom is -0.468 e. The molecule has 5 heteroatoms. The predicted octanol–water partition coefficient (Wildman–Crippen LogP) is 20.9. The molecule has 0 atom stereocenters. The summed E-state index contributed by atoms with van der Waals surface area (Å²) in [5.74, 6) is 0. The number of hydrogen-bond acceptors (Lipinski definition) is 4. The van der Waals surface area contributed by atoms with Crippen molar-refractivity contribution in [3.63, 3.8) is 0 Å². The van der Waals surface area contributed by atoms with E-state index in [1.807, 2.05) is 0 Å². The Morgan fingerprint density at radius 2 is 0.765 bits per heavy atom. The first kappa shape index (κ1) is 57.6. The lowest BCUT2D eigenvalue weighted by Gasteiger charge is -2.47. The second-order valence-corrected chi connectivity index (χ2v) is 33.9. The average molecular weight is 1130 g/mol. The molecule has 0 unspecified atom stereocenters. The molecule has 0 N–H and O–H groups in total. The van der Waals surface area contributed by atoms with Crippen LogP contribution in [0.25, 0.3) is 11.0 Å². The van der Waals surface area contributed by atoms with E-state index in [1.54, 1.807) is 0 Å². The first-order valence-electron chi connectivity index (χ1n) is 32.3. The predicted molar refractivity (Wildman–Crippen MR) is 367 cm³/mol. The van der Waals surface area contributed by atoms with Crippen LogP contribution in [0.5, 0.6) is 0 Å². The van der Waals surface area contributed by atoms with Crippen LogP contribution >= 0.6 is 0 Å². The lowest BCUT2D eigenvalue weighted by Crippen LogP contribution is -2.61. The number of benzene rings is 7. The molecule has 0 spiro atoms. The zero-order chi connectivity index (χ0) is 60.9. The monoisotopic (exact) mass is 1130 g/mol. The van der Waals surface area contributed by atoms with Gasteiger partial charge in [0.25, 0.3) is 6.71 Å². The molecule has 13 rings (SSSR count). The SMILES string of the molecule is CC(C)(C)c1ccc(N(c2ccc(C(C)(C)C)cc2)c2cc3c4c(c2)N(c2ccc5c(c2)C(C)(C)CCC5(C)C)c2c(oc5cc6c(cc25)C(C)(C)CCC6(C)C)B4c2cc4c(cc2N3c2ccc(C(C)(C)C)cc2)C(C)(C)CCC4(C)C)cc1. The molecule has 1 aromatic heterocycles. The molecule has 0 amide bonds. The molecule has 0 radical (unpaired) electrons. The number of rotatable bonds is 5. The third-order valence-corrected chi connectivity index (χ3v) is 21.9. The molecule has 7 aromatic carbocycles. The van der Waals surface area contributed by atoms with Crippen molar-refractivity contribution < 1.29 is 4.42 Å². The highest BCUT2D eigenvalue weighted by Gasteiger charge is 2.51. The fourth-order valence-electron chi connectivity index (χ4n) is 15.8. The van der Waals surface area contributed by atoms with Crippen LogP contribution in [0.4, 0.5) is 51.2 Å². The molecule has 3 aliphatic carbocycles. The van der Waals surface area contributed by atoms with Gasteiger partial charge in [-0.1, -0.05) is 194 Å². The van der Waals surface area contributed by atoms with Crippen LogP contribution in [0, 0.1) is 0 Å². The molecule has 4 nitrogen and oxygen atoms in total. The Bertz CT molecular complexity index is 3950. The summed E-state index contributed by atoms with van der Waals surface area (Å²) in [6.07, 6.45) is 6.83. The van der Waals surface area contributed by atoms with E-state index in [-0.39, 0.29) is 55.4 Å². The molecule has 2 aliphatic heterocycles. The van der Waals surface area contributed by atoms with Crippen molar-refractivity contribution in [2.45, 2.75) is 233 Å². The van der Waals surface area contributed by atoms with Crippen LogP contribution in [-0.2, 0) is 48.7 Å². The molecule has 0 saturated heterocycles. The minimum atomic E-state index is -0.208. The van der Waals surface area contributed by atoms with Gasteiger partial charge in [-0.2, -0.15) is 0 Å². The fourth-order valence-corrected chi connectivity index (χ4v) is 15.8. The number of furan rings is 1. The Kier molecular flexibility index (Phi) is 12.6. The number of nitrogens with zero attached hydrogens (tertiary/aromatic N) is 3. The van der Waals surface area contributed by atoms with Crippen molar-refractivity contribution in [3.8, 4) is 0 Å². The van der Waals surface area contributed by atoms with Crippen LogP contribution in [0.1, 0.15) is 234 Å². The Morgan fingerprint density at radius 3 is 1.24 bits per heavy atom.